The molecule has 0 aliphatic rings. The first-order valence-corrected chi connectivity index (χ1v) is 6.37. The van der Waals surface area contributed by atoms with Crippen molar-refractivity contribution in [1.82, 2.24) is 10.7 Å². The van der Waals surface area contributed by atoms with E-state index in [1.54, 1.807) is 17.6 Å². The third-order valence-electron chi connectivity index (χ3n) is 2.20. The van der Waals surface area contributed by atoms with Gasteiger partial charge < -0.3 is 5.32 Å². The van der Waals surface area contributed by atoms with Gasteiger partial charge in [0.25, 0.3) is 0 Å². The zero-order valence-electron chi connectivity index (χ0n) is 9.67. The largest absolute Gasteiger partial charge is 0.335 e. The number of nitrogens with zero attached hydrogens (tertiary/aromatic N) is 1. The Labute approximate surface area is 109 Å². The normalized spacial score (nSPS) is 10.4. The standard InChI is InChI=1S/C13H13N3OS/c17-13(14-9-11-5-2-1-3-6-11)16-15-10-12-7-4-8-18-12/h1-8,10H,9H2,(H2,14,16,17)/b15-10-. The Morgan fingerprint density at radius 1 is 1.22 bits per heavy atom. The second kappa shape index (κ2) is 6.56. The molecule has 0 spiro atoms. The minimum atomic E-state index is -0.313. The van der Waals surface area contributed by atoms with Crippen molar-refractivity contribution < 1.29 is 4.79 Å². The molecule has 2 aromatic rings. The average Bonchev–Trinajstić information content (AvgIpc) is 2.91. The van der Waals surface area contributed by atoms with Crippen molar-refractivity contribution >= 4 is 23.6 Å². The minimum absolute atomic E-state index is 0.313. The maximum atomic E-state index is 11.4. The number of carbonyl (C=O) groups excluding carboxylic acids is 1. The third kappa shape index (κ3) is 4.03. The molecule has 0 saturated carbocycles. The number of nitrogens with one attached hydrogen (secondary N) is 2. The van der Waals surface area contributed by atoms with Crippen LogP contribution in [-0.2, 0) is 6.54 Å². The summed E-state index contributed by atoms with van der Waals surface area (Å²) in [6, 6.07) is 13.3. The Balaban J connectivity index is 1.73. The lowest BCUT2D eigenvalue weighted by Crippen LogP contribution is -2.31. The highest BCUT2D eigenvalue weighted by Crippen LogP contribution is 2.04. The van der Waals surface area contributed by atoms with Gasteiger partial charge in [-0.25, -0.2) is 10.2 Å². The molecule has 4 nitrogen and oxygen atoms in total. The molecule has 0 unspecified atom stereocenters. The first-order valence-electron chi connectivity index (χ1n) is 5.49. The minimum Gasteiger partial charge on any atom is -0.333 e. The molecule has 1 aromatic carbocycles. The van der Waals surface area contributed by atoms with Crippen LogP contribution in [-0.4, -0.2) is 12.2 Å². The molecule has 0 atom stereocenters. The van der Waals surface area contributed by atoms with Gasteiger partial charge in [0.1, 0.15) is 0 Å². The molecule has 0 bridgehead atoms. The van der Waals surface area contributed by atoms with Gasteiger partial charge in [0.05, 0.1) is 6.21 Å². The highest BCUT2D eigenvalue weighted by atomic mass is 32.1. The quantitative estimate of drug-likeness (QED) is 0.643. The molecule has 0 radical (unpaired) electrons. The van der Waals surface area contributed by atoms with Crippen molar-refractivity contribution in [2.45, 2.75) is 6.54 Å². The summed E-state index contributed by atoms with van der Waals surface area (Å²) in [5.41, 5.74) is 3.47. The molecular formula is C13H13N3OS. The molecule has 1 aromatic heterocycles. The molecule has 5 heteroatoms. The summed E-state index contributed by atoms with van der Waals surface area (Å²) in [5, 5.41) is 8.52. The highest BCUT2D eigenvalue weighted by molar-refractivity contribution is 7.11. The molecule has 2 rings (SSSR count). The summed E-state index contributed by atoms with van der Waals surface area (Å²) in [6.45, 7) is 0.487. The molecule has 0 aliphatic heterocycles. The Morgan fingerprint density at radius 2 is 2.06 bits per heavy atom. The van der Waals surface area contributed by atoms with Crippen molar-refractivity contribution in [2.24, 2.45) is 5.10 Å². The second-order valence-corrected chi connectivity index (χ2v) is 4.53. The smallest absolute Gasteiger partial charge is 0.333 e. The summed E-state index contributed by atoms with van der Waals surface area (Å²) in [4.78, 5) is 12.4. The lowest BCUT2D eigenvalue weighted by atomic mass is 10.2. The van der Waals surface area contributed by atoms with Crippen molar-refractivity contribution in [3.8, 4) is 0 Å². The number of amides is 2. The van der Waals surface area contributed by atoms with Crippen LogP contribution in [0.5, 0.6) is 0 Å². The number of rotatable bonds is 4. The van der Waals surface area contributed by atoms with Crippen LogP contribution in [0.15, 0.2) is 52.9 Å². The van der Waals surface area contributed by atoms with Crippen LogP contribution in [0.4, 0.5) is 4.79 Å². The third-order valence-corrected chi connectivity index (χ3v) is 3.00. The maximum absolute atomic E-state index is 11.4. The molecule has 1 heterocycles. The van der Waals surface area contributed by atoms with E-state index in [0.29, 0.717) is 6.54 Å². The van der Waals surface area contributed by atoms with E-state index in [9.17, 15) is 4.79 Å². The number of hydrogen-bond acceptors (Lipinski definition) is 3. The number of hydrazone groups is 1. The molecule has 2 amide bonds. The van der Waals surface area contributed by atoms with Gasteiger partial charge in [-0.3, -0.25) is 0 Å². The lowest BCUT2D eigenvalue weighted by Gasteiger charge is -2.03. The number of benzene rings is 1. The highest BCUT2D eigenvalue weighted by Gasteiger charge is 1.97. The summed E-state index contributed by atoms with van der Waals surface area (Å²) < 4.78 is 0. The van der Waals surface area contributed by atoms with E-state index in [1.165, 1.54) is 0 Å². The molecule has 18 heavy (non-hydrogen) atoms. The first-order chi connectivity index (χ1) is 8.84. The van der Waals surface area contributed by atoms with Crippen LogP contribution < -0.4 is 10.7 Å². The van der Waals surface area contributed by atoms with E-state index in [4.69, 9.17) is 0 Å². The maximum Gasteiger partial charge on any atom is 0.335 e. The number of urea groups is 1. The number of carbonyl (C=O) groups is 1. The van der Waals surface area contributed by atoms with Crippen molar-refractivity contribution in [3.05, 3.63) is 58.3 Å². The number of thiophene rings is 1. The Morgan fingerprint density at radius 3 is 2.78 bits per heavy atom. The van der Waals surface area contributed by atoms with Gasteiger partial charge in [0, 0.05) is 11.4 Å². The Kier molecular flexibility index (Phi) is 4.49. The fraction of sp³-hybridized carbons (Fsp3) is 0.0769. The van der Waals surface area contributed by atoms with E-state index in [1.807, 2.05) is 47.8 Å². The van der Waals surface area contributed by atoms with Crippen LogP contribution >= 0.6 is 11.3 Å². The van der Waals surface area contributed by atoms with E-state index < -0.39 is 0 Å². The summed E-state index contributed by atoms with van der Waals surface area (Å²) in [7, 11) is 0. The predicted octanol–water partition coefficient (Wildman–Crippen LogP) is 2.58. The molecular weight excluding hydrogens is 246 g/mol. The van der Waals surface area contributed by atoms with Gasteiger partial charge in [-0.05, 0) is 17.0 Å². The Hall–Kier alpha value is -2.14. The fourth-order valence-corrected chi connectivity index (χ4v) is 1.92. The molecule has 92 valence electrons. The summed E-state index contributed by atoms with van der Waals surface area (Å²) in [5.74, 6) is 0. The topological polar surface area (TPSA) is 53.5 Å². The second-order valence-electron chi connectivity index (χ2n) is 3.55. The van der Waals surface area contributed by atoms with Crippen molar-refractivity contribution in [2.75, 3.05) is 0 Å². The zero-order chi connectivity index (χ0) is 12.6. The van der Waals surface area contributed by atoms with Crippen LogP contribution in [0.3, 0.4) is 0 Å². The predicted molar refractivity (Wildman–Crippen MR) is 73.7 cm³/mol. The van der Waals surface area contributed by atoms with Crippen LogP contribution in [0, 0.1) is 0 Å². The zero-order valence-corrected chi connectivity index (χ0v) is 10.5. The van der Waals surface area contributed by atoms with Crippen LogP contribution in [0.1, 0.15) is 10.4 Å². The van der Waals surface area contributed by atoms with Gasteiger partial charge in [0.2, 0.25) is 0 Å². The van der Waals surface area contributed by atoms with Gasteiger partial charge >= 0.3 is 6.03 Å². The van der Waals surface area contributed by atoms with Gasteiger partial charge in [-0.1, -0.05) is 36.4 Å². The summed E-state index contributed by atoms with van der Waals surface area (Å²) in [6.07, 6.45) is 1.62. The van der Waals surface area contributed by atoms with Crippen molar-refractivity contribution in [1.29, 1.82) is 0 Å². The van der Waals surface area contributed by atoms with E-state index in [-0.39, 0.29) is 6.03 Å². The Bertz CT molecular complexity index is 508. The lowest BCUT2D eigenvalue weighted by molar-refractivity contribution is 0.241. The van der Waals surface area contributed by atoms with Gasteiger partial charge in [0.15, 0.2) is 0 Å². The molecule has 0 saturated heterocycles. The summed E-state index contributed by atoms with van der Waals surface area (Å²) >= 11 is 1.56. The monoisotopic (exact) mass is 259 g/mol. The fourth-order valence-electron chi connectivity index (χ4n) is 1.34. The van der Waals surface area contributed by atoms with E-state index in [2.05, 4.69) is 15.8 Å². The first kappa shape index (κ1) is 12.3. The number of hydrogen-bond donors (Lipinski definition) is 2. The average molecular weight is 259 g/mol. The molecule has 0 aliphatic carbocycles. The van der Waals surface area contributed by atoms with Crippen molar-refractivity contribution in [3.63, 3.8) is 0 Å². The van der Waals surface area contributed by atoms with Crippen LogP contribution in [0.25, 0.3) is 0 Å². The van der Waals surface area contributed by atoms with Crippen LogP contribution in [0.2, 0.25) is 0 Å². The van der Waals surface area contributed by atoms with Gasteiger partial charge in [-0.15, -0.1) is 11.3 Å². The van der Waals surface area contributed by atoms with E-state index >= 15 is 0 Å². The molecule has 2 N–H and O–H groups in total. The van der Waals surface area contributed by atoms with E-state index in [0.717, 1.165) is 10.4 Å². The SMILES string of the molecule is O=C(NCc1ccccc1)N/N=C\c1cccs1. The molecule has 0 fully saturated rings. The van der Waals surface area contributed by atoms with Gasteiger partial charge in [-0.2, -0.15) is 5.10 Å².